The Morgan fingerprint density at radius 2 is 2.10 bits per heavy atom. The summed E-state index contributed by atoms with van der Waals surface area (Å²) in [5, 5.41) is 7.09. The van der Waals surface area contributed by atoms with Crippen molar-refractivity contribution >= 4 is 11.7 Å². The summed E-state index contributed by atoms with van der Waals surface area (Å²) in [5.41, 5.74) is 6.22. The molecule has 3 N–H and O–H groups in total. The van der Waals surface area contributed by atoms with Gasteiger partial charge in [0.2, 0.25) is 5.91 Å². The van der Waals surface area contributed by atoms with Crippen LogP contribution in [-0.2, 0) is 11.3 Å². The van der Waals surface area contributed by atoms with E-state index in [1.807, 2.05) is 25.3 Å². The minimum Gasteiger partial charge on any atom is -0.318 e. The van der Waals surface area contributed by atoms with Gasteiger partial charge in [0.1, 0.15) is 0 Å². The first-order valence-corrected chi connectivity index (χ1v) is 7.04. The molecule has 2 aromatic heterocycles. The number of amides is 1. The summed E-state index contributed by atoms with van der Waals surface area (Å²) in [6, 6.07) is 5.62. The van der Waals surface area contributed by atoms with Crippen molar-refractivity contribution in [2.75, 3.05) is 5.32 Å². The molecule has 6 nitrogen and oxygen atoms in total. The van der Waals surface area contributed by atoms with E-state index in [1.165, 1.54) is 0 Å². The number of nitrogens with zero attached hydrogens (tertiary/aromatic N) is 3. The lowest BCUT2D eigenvalue weighted by Gasteiger charge is -2.21. The van der Waals surface area contributed by atoms with Crippen LogP contribution in [-0.4, -0.2) is 26.2 Å². The zero-order valence-electron chi connectivity index (χ0n) is 12.4. The molecule has 0 aliphatic heterocycles. The molecule has 2 aromatic rings. The standard InChI is InChI=1S/C15H21N5O/c1-3-7-15(2,16)14(21)18-13-6-10-20(19-13)11-12-4-8-17-9-5-12/h4-6,8-10H,3,7,11,16H2,1-2H3,(H,18,19,21). The van der Waals surface area contributed by atoms with Gasteiger partial charge in [0.25, 0.3) is 0 Å². The molecular weight excluding hydrogens is 266 g/mol. The Balaban J connectivity index is 1.99. The van der Waals surface area contributed by atoms with E-state index in [0.717, 1.165) is 12.0 Å². The molecule has 0 bridgehead atoms. The van der Waals surface area contributed by atoms with Gasteiger partial charge in [-0.1, -0.05) is 13.3 Å². The molecule has 0 fully saturated rings. The van der Waals surface area contributed by atoms with Crippen LogP contribution in [0.3, 0.4) is 0 Å². The Morgan fingerprint density at radius 1 is 1.38 bits per heavy atom. The topological polar surface area (TPSA) is 85.8 Å². The second kappa shape index (κ2) is 6.49. The summed E-state index contributed by atoms with van der Waals surface area (Å²) >= 11 is 0. The molecule has 1 unspecified atom stereocenters. The Labute approximate surface area is 124 Å². The maximum atomic E-state index is 12.1. The summed E-state index contributed by atoms with van der Waals surface area (Å²) in [7, 11) is 0. The number of hydrogen-bond acceptors (Lipinski definition) is 4. The zero-order valence-corrected chi connectivity index (χ0v) is 12.4. The molecule has 0 aromatic carbocycles. The average molecular weight is 287 g/mol. The van der Waals surface area contributed by atoms with E-state index in [-0.39, 0.29) is 5.91 Å². The molecule has 2 heterocycles. The molecule has 21 heavy (non-hydrogen) atoms. The average Bonchev–Trinajstić information content (AvgIpc) is 2.87. The molecule has 1 amide bonds. The van der Waals surface area contributed by atoms with Crippen LogP contribution in [0.2, 0.25) is 0 Å². The van der Waals surface area contributed by atoms with Gasteiger partial charge in [0.15, 0.2) is 5.82 Å². The third-order valence-electron chi connectivity index (χ3n) is 3.26. The second-order valence-corrected chi connectivity index (χ2v) is 5.38. The first-order valence-electron chi connectivity index (χ1n) is 7.04. The lowest BCUT2D eigenvalue weighted by molar-refractivity contribution is -0.120. The zero-order chi connectivity index (χ0) is 15.3. The van der Waals surface area contributed by atoms with Gasteiger partial charge in [-0.3, -0.25) is 14.5 Å². The van der Waals surface area contributed by atoms with E-state index in [1.54, 1.807) is 30.1 Å². The molecule has 2 rings (SSSR count). The number of pyridine rings is 1. The highest BCUT2D eigenvalue weighted by atomic mass is 16.2. The first-order chi connectivity index (χ1) is 10.0. The number of nitrogens with one attached hydrogen (secondary N) is 1. The van der Waals surface area contributed by atoms with Gasteiger partial charge < -0.3 is 11.1 Å². The maximum Gasteiger partial charge on any atom is 0.245 e. The van der Waals surface area contributed by atoms with Crippen molar-refractivity contribution in [1.82, 2.24) is 14.8 Å². The van der Waals surface area contributed by atoms with Crippen LogP contribution in [0.1, 0.15) is 32.3 Å². The van der Waals surface area contributed by atoms with E-state index in [2.05, 4.69) is 15.4 Å². The van der Waals surface area contributed by atoms with Crippen molar-refractivity contribution in [3.63, 3.8) is 0 Å². The Kier molecular flexibility index (Phi) is 4.70. The third kappa shape index (κ3) is 4.13. The van der Waals surface area contributed by atoms with Crippen molar-refractivity contribution in [3.05, 3.63) is 42.4 Å². The summed E-state index contributed by atoms with van der Waals surface area (Å²) < 4.78 is 1.76. The molecule has 1 atom stereocenters. The number of hydrogen-bond donors (Lipinski definition) is 2. The van der Waals surface area contributed by atoms with Crippen LogP contribution in [0.5, 0.6) is 0 Å². The minimum absolute atomic E-state index is 0.210. The van der Waals surface area contributed by atoms with Gasteiger partial charge in [-0.25, -0.2) is 0 Å². The summed E-state index contributed by atoms with van der Waals surface area (Å²) in [4.78, 5) is 16.1. The van der Waals surface area contributed by atoms with Crippen LogP contribution < -0.4 is 11.1 Å². The first kappa shape index (κ1) is 15.2. The van der Waals surface area contributed by atoms with Crippen LogP contribution in [0.25, 0.3) is 0 Å². The molecule has 6 heteroatoms. The van der Waals surface area contributed by atoms with E-state index < -0.39 is 5.54 Å². The Morgan fingerprint density at radius 3 is 2.76 bits per heavy atom. The summed E-state index contributed by atoms with van der Waals surface area (Å²) in [6.07, 6.45) is 6.80. The highest BCUT2D eigenvalue weighted by Gasteiger charge is 2.27. The minimum atomic E-state index is -0.871. The maximum absolute atomic E-state index is 12.1. The van der Waals surface area contributed by atoms with Gasteiger partial charge >= 0.3 is 0 Å². The van der Waals surface area contributed by atoms with Gasteiger partial charge in [0, 0.05) is 24.7 Å². The van der Waals surface area contributed by atoms with Crippen LogP contribution >= 0.6 is 0 Å². The normalized spacial score (nSPS) is 13.7. The van der Waals surface area contributed by atoms with E-state index in [9.17, 15) is 4.79 Å². The van der Waals surface area contributed by atoms with E-state index >= 15 is 0 Å². The number of carbonyl (C=O) groups excluding carboxylic acids is 1. The third-order valence-corrected chi connectivity index (χ3v) is 3.26. The van der Waals surface area contributed by atoms with Crippen molar-refractivity contribution in [1.29, 1.82) is 0 Å². The fraction of sp³-hybridized carbons (Fsp3) is 0.400. The largest absolute Gasteiger partial charge is 0.318 e. The van der Waals surface area contributed by atoms with Crippen LogP contribution in [0.4, 0.5) is 5.82 Å². The lowest BCUT2D eigenvalue weighted by Crippen LogP contribution is -2.48. The number of rotatable bonds is 6. The van der Waals surface area contributed by atoms with Gasteiger partial charge in [-0.05, 0) is 31.0 Å². The van der Waals surface area contributed by atoms with Crippen molar-refractivity contribution in [3.8, 4) is 0 Å². The SMILES string of the molecule is CCCC(C)(N)C(=O)Nc1ccn(Cc2ccncc2)n1. The molecule has 0 radical (unpaired) electrons. The monoisotopic (exact) mass is 287 g/mol. The van der Waals surface area contributed by atoms with Gasteiger partial charge in [-0.2, -0.15) is 5.10 Å². The quantitative estimate of drug-likeness (QED) is 0.848. The van der Waals surface area contributed by atoms with Crippen molar-refractivity contribution < 1.29 is 4.79 Å². The molecule has 0 aliphatic rings. The molecule has 0 saturated heterocycles. The predicted molar refractivity (Wildman–Crippen MR) is 81.7 cm³/mol. The van der Waals surface area contributed by atoms with Crippen molar-refractivity contribution in [2.24, 2.45) is 5.73 Å². The second-order valence-electron chi connectivity index (χ2n) is 5.38. The molecular formula is C15H21N5O. The highest BCUT2D eigenvalue weighted by Crippen LogP contribution is 2.12. The Bertz CT molecular complexity index is 591. The van der Waals surface area contributed by atoms with Crippen LogP contribution in [0, 0.1) is 0 Å². The highest BCUT2D eigenvalue weighted by molar-refractivity contribution is 5.96. The Hall–Kier alpha value is -2.21. The number of nitrogens with two attached hydrogens (primary N) is 1. The number of anilines is 1. The summed E-state index contributed by atoms with van der Waals surface area (Å²) in [5.74, 6) is 0.306. The predicted octanol–water partition coefficient (Wildman–Crippen LogP) is 1.78. The smallest absolute Gasteiger partial charge is 0.245 e. The van der Waals surface area contributed by atoms with E-state index in [0.29, 0.717) is 18.8 Å². The fourth-order valence-electron chi connectivity index (χ4n) is 2.08. The van der Waals surface area contributed by atoms with Crippen molar-refractivity contribution in [2.45, 2.75) is 38.8 Å². The lowest BCUT2D eigenvalue weighted by atomic mass is 9.97. The molecule has 0 spiro atoms. The van der Waals surface area contributed by atoms with Gasteiger partial charge in [0.05, 0.1) is 12.1 Å². The van der Waals surface area contributed by atoms with Gasteiger partial charge in [-0.15, -0.1) is 0 Å². The van der Waals surface area contributed by atoms with Crippen LogP contribution in [0.15, 0.2) is 36.8 Å². The summed E-state index contributed by atoms with van der Waals surface area (Å²) in [6.45, 7) is 4.37. The van der Waals surface area contributed by atoms with E-state index in [4.69, 9.17) is 5.73 Å². The molecule has 0 aliphatic carbocycles. The fourth-order valence-corrected chi connectivity index (χ4v) is 2.08. The number of aromatic nitrogens is 3. The molecule has 112 valence electrons. The molecule has 0 saturated carbocycles. The number of carbonyl (C=O) groups is 1.